The lowest BCUT2D eigenvalue weighted by molar-refractivity contribution is -0.137. The van der Waals surface area contributed by atoms with Gasteiger partial charge < -0.3 is 0 Å². The molecule has 2 aromatic heterocycles. The predicted molar refractivity (Wildman–Crippen MR) is 124 cm³/mol. The van der Waals surface area contributed by atoms with E-state index in [1.807, 2.05) is 18.2 Å². The number of pyridine rings is 1. The molecule has 0 aliphatic carbocycles. The Bertz CT molecular complexity index is 1460. The van der Waals surface area contributed by atoms with Crippen molar-refractivity contribution in [3.05, 3.63) is 78.0 Å². The fourth-order valence-electron chi connectivity index (χ4n) is 4.15. The van der Waals surface area contributed by atoms with E-state index < -0.39 is 11.7 Å². The van der Waals surface area contributed by atoms with Crippen LogP contribution in [0.25, 0.3) is 42.2 Å². The number of benzene rings is 3. The Kier molecular flexibility index (Phi) is 4.38. The van der Waals surface area contributed by atoms with Crippen molar-refractivity contribution in [3.8, 4) is 11.3 Å². The van der Waals surface area contributed by atoms with E-state index in [0.717, 1.165) is 38.2 Å². The molecule has 0 bridgehead atoms. The number of aromatic nitrogens is 1. The summed E-state index contributed by atoms with van der Waals surface area (Å²) in [5, 5.41) is 4.10. The first kappa shape index (κ1) is 20.0. The zero-order chi connectivity index (χ0) is 22.0. The third kappa shape index (κ3) is 3.37. The number of hydrogen-bond donors (Lipinski definition) is 0. The molecular formula is C26H20F3NS. The second-order valence-electron chi connectivity index (χ2n) is 8.84. The average molecular weight is 436 g/mol. The maximum atomic E-state index is 13.2. The highest BCUT2D eigenvalue weighted by molar-refractivity contribution is 7.26. The second kappa shape index (κ2) is 6.79. The van der Waals surface area contributed by atoms with Crippen LogP contribution in [0.1, 0.15) is 31.9 Å². The van der Waals surface area contributed by atoms with Gasteiger partial charge >= 0.3 is 6.18 Å². The van der Waals surface area contributed by atoms with Gasteiger partial charge in [-0.2, -0.15) is 13.2 Å². The van der Waals surface area contributed by atoms with Crippen molar-refractivity contribution in [2.75, 3.05) is 0 Å². The van der Waals surface area contributed by atoms with Crippen LogP contribution >= 0.6 is 11.3 Å². The number of halogens is 3. The SMILES string of the molecule is CC(C)(C)c1cc(-c2nccc3c2sc2cc(C(F)(F)F)ccc23)cc2ccccc12. The Morgan fingerprint density at radius 2 is 1.58 bits per heavy atom. The van der Waals surface area contributed by atoms with E-state index >= 15 is 0 Å². The maximum absolute atomic E-state index is 13.2. The number of nitrogens with zero attached hydrogens (tertiary/aromatic N) is 1. The van der Waals surface area contributed by atoms with Crippen LogP contribution in [0.15, 0.2) is 66.9 Å². The summed E-state index contributed by atoms with van der Waals surface area (Å²) in [6.07, 6.45) is -2.61. The molecule has 0 fully saturated rings. The third-order valence-corrected chi connectivity index (χ3v) is 6.83. The lowest BCUT2D eigenvalue weighted by Crippen LogP contribution is -2.12. The van der Waals surface area contributed by atoms with Gasteiger partial charge in [-0.15, -0.1) is 11.3 Å². The Morgan fingerprint density at radius 1 is 0.806 bits per heavy atom. The van der Waals surface area contributed by atoms with Gasteiger partial charge in [0, 0.05) is 27.2 Å². The summed E-state index contributed by atoms with van der Waals surface area (Å²) >= 11 is 1.37. The Balaban J connectivity index is 1.80. The first-order valence-corrected chi connectivity index (χ1v) is 10.9. The van der Waals surface area contributed by atoms with Gasteiger partial charge in [-0.3, -0.25) is 4.98 Å². The van der Waals surface area contributed by atoms with Crippen molar-refractivity contribution < 1.29 is 13.2 Å². The van der Waals surface area contributed by atoms with Crippen LogP contribution < -0.4 is 0 Å². The topological polar surface area (TPSA) is 12.9 Å². The third-order valence-electron chi connectivity index (χ3n) is 5.66. The van der Waals surface area contributed by atoms with Gasteiger partial charge in [0.15, 0.2) is 0 Å². The number of fused-ring (bicyclic) bond motifs is 4. The molecule has 0 saturated carbocycles. The van der Waals surface area contributed by atoms with Crippen LogP contribution in [-0.4, -0.2) is 4.98 Å². The van der Waals surface area contributed by atoms with E-state index in [2.05, 4.69) is 50.0 Å². The van der Waals surface area contributed by atoms with Gasteiger partial charge in [-0.05, 0) is 52.1 Å². The summed E-state index contributed by atoms with van der Waals surface area (Å²) in [4.78, 5) is 4.66. The molecule has 0 N–H and O–H groups in total. The quantitative estimate of drug-likeness (QED) is 0.257. The molecule has 5 heteroatoms. The molecule has 5 aromatic rings. The first-order chi connectivity index (χ1) is 14.6. The van der Waals surface area contributed by atoms with Crippen molar-refractivity contribution >= 4 is 42.3 Å². The molecule has 156 valence electrons. The fourth-order valence-corrected chi connectivity index (χ4v) is 5.40. The van der Waals surface area contributed by atoms with E-state index in [9.17, 15) is 13.2 Å². The summed E-state index contributed by atoms with van der Waals surface area (Å²) < 4.78 is 41.2. The molecular weight excluding hydrogens is 415 g/mol. The minimum Gasteiger partial charge on any atom is -0.255 e. The lowest BCUT2D eigenvalue weighted by Gasteiger charge is -2.22. The van der Waals surface area contributed by atoms with Gasteiger partial charge in [-0.25, -0.2) is 0 Å². The van der Waals surface area contributed by atoms with Crippen LogP contribution in [0.4, 0.5) is 13.2 Å². The molecule has 0 aliphatic heterocycles. The van der Waals surface area contributed by atoms with E-state index in [4.69, 9.17) is 0 Å². The van der Waals surface area contributed by atoms with E-state index in [-0.39, 0.29) is 5.41 Å². The van der Waals surface area contributed by atoms with Crippen LogP contribution in [0.3, 0.4) is 0 Å². The van der Waals surface area contributed by atoms with E-state index in [1.54, 1.807) is 12.3 Å². The van der Waals surface area contributed by atoms with Crippen LogP contribution in [0.2, 0.25) is 0 Å². The van der Waals surface area contributed by atoms with Crippen LogP contribution in [0.5, 0.6) is 0 Å². The molecule has 31 heavy (non-hydrogen) atoms. The second-order valence-corrected chi connectivity index (χ2v) is 9.89. The number of hydrogen-bond acceptors (Lipinski definition) is 2. The van der Waals surface area contributed by atoms with Crippen molar-refractivity contribution in [1.29, 1.82) is 0 Å². The molecule has 2 heterocycles. The molecule has 0 aliphatic rings. The van der Waals surface area contributed by atoms with Gasteiger partial charge in [0.25, 0.3) is 0 Å². The molecule has 0 radical (unpaired) electrons. The molecule has 0 saturated heterocycles. The summed E-state index contributed by atoms with van der Waals surface area (Å²) in [7, 11) is 0. The molecule has 0 amide bonds. The number of alkyl halides is 3. The Morgan fingerprint density at radius 3 is 2.32 bits per heavy atom. The summed E-state index contributed by atoms with van der Waals surface area (Å²) in [6, 6.07) is 18.4. The normalized spacial score (nSPS) is 12.8. The summed E-state index contributed by atoms with van der Waals surface area (Å²) in [5.41, 5.74) is 2.33. The average Bonchev–Trinajstić information content (AvgIpc) is 3.09. The maximum Gasteiger partial charge on any atom is 0.416 e. The highest BCUT2D eigenvalue weighted by Crippen LogP contribution is 2.42. The van der Waals surface area contributed by atoms with Gasteiger partial charge in [0.1, 0.15) is 0 Å². The Hall–Kier alpha value is -2.92. The van der Waals surface area contributed by atoms with Crippen molar-refractivity contribution in [1.82, 2.24) is 4.98 Å². The summed E-state index contributed by atoms with van der Waals surface area (Å²) in [5.74, 6) is 0. The molecule has 0 unspecified atom stereocenters. The highest BCUT2D eigenvalue weighted by Gasteiger charge is 2.31. The molecule has 3 aromatic carbocycles. The minimum atomic E-state index is -4.36. The highest BCUT2D eigenvalue weighted by atomic mass is 32.1. The Labute approximate surface area is 182 Å². The molecule has 1 nitrogen and oxygen atoms in total. The zero-order valence-corrected chi connectivity index (χ0v) is 18.2. The van der Waals surface area contributed by atoms with Gasteiger partial charge in [0.2, 0.25) is 0 Å². The van der Waals surface area contributed by atoms with Crippen LogP contribution in [-0.2, 0) is 11.6 Å². The molecule has 0 spiro atoms. The van der Waals surface area contributed by atoms with Gasteiger partial charge in [-0.1, -0.05) is 51.1 Å². The monoisotopic (exact) mass is 435 g/mol. The van der Waals surface area contributed by atoms with Crippen molar-refractivity contribution in [2.45, 2.75) is 32.4 Å². The van der Waals surface area contributed by atoms with E-state index in [0.29, 0.717) is 4.70 Å². The van der Waals surface area contributed by atoms with Crippen molar-refractivity contribution in [2.24, 2.45) is 0 Å². The first-order valence-electron chi connectivity index (χ1n) is 10.0. The fraction of sp³-hybridized carbons (Fsp3) is 0.192. The van der Waals surface area contributed by atoms with Crippen molar-refractivity contribution in [3.63, 3.8) is 0 Å². The molecule has 0 atom stereocenters. The largest absolute Gasteiger partial charge is 0.416 e. The van der Waals surface area contributed by atoms with Crippen LogP contribution in [0, 0.1) is 0 Å². The lowest BCUT2D eigenvalue weighted by atomic mass is 9.82. The smallest absolute Gasteiger partial charge is 0.255 e. The summed E-state index contributed by atoms with van der Waals surface area (Å²) in [6.45, 7) is 6.56. The zero-order valence-electron chi connectivity index (χ0n) is 17.3. The molecule has 5 rings (SSSR count). The van der Waals surface area contributed by atoms with E-state index in [1.165, 1.54) is 28.4 Å². The predicted octanol–water partition coefficient (Wildman–Crippen LogP) is 8.59. The number of rotatable bonds is 1. The number of thiophene rings is 1. The minimum absolute atomic E-state index is 0.0642. The standard InChI is InChI=1S/C26H20F3NS/c1-25(2,3)21-13-16(12-15-6-4-5-7-18(15)21)23-24-20(10-11-30-23)19-9-8-17(26(27,28)29)14-22(19)31-24/h4-14H,1-3H3. The van der Waals surface area contributed by atoms with Gasteiger partial charge in [0.05, 0.1) is 16.0 Å².